The zero-order valence-electron chi connectivity index (χ0n) is 34.7. The molecule has 0 heterocycles. The summed E-state index contributed by atoms with van der Waals surface area (Å²) < 4.78 is 99.0. The van der Waals surface area contributed by atoms with Crippen molar-refractivity contribution in [1.82, 2.24) is 0 Å². The average molecular weight is 1830 g/mol. The third-order valence-corrected chi connectivity index (χ3v) is 17.5. The summed E-state index contributed by atoms with van der Waals surface area (Å²) in [6, 6.07) is 22.0. The topological polar surface area (TPSA) is 121 Å². The Balaban J connectivity index is 0.000000203. The molecule has 67 heavy (non-hydrogen) atoms. The molecule has 0 bridgehead atoms. The lowest BCUT2D eigenvalue weighted by atomic mass is 9.90. The highest BCUT2D eigenvalue weighted by Gasteiger charge is 2.49. The molecule has 0 saturated carbocycles. The number of benzene rings is 8. The Hall–Kier alpha value is -1.02. The molecule has 0 unspecified atom stereocenters. The van der Waals surface area contributed by atoms with Crippen LogP contribution >= 0.6 is 181 Å². The number of ether oxygens (including phenoxy) is 4. The van der Waals surface area contributed by atoms with Gasteiger partial charge in [0.1, 0.15) is 34.5 Å². The molecule has 8 rings (SSSR count). The highest BCUT2D eigenvalue weighted by atomic mass is 127. The number of alkyl halides is 3. The summed E-state index contributed by atoms with van der Waals surface area (Å²) in [4.78, 5) is 0. The van der Waals surface area contributed by atoms with E-state index in [4.69, 9.17) is 23.1 Å². The molecular weight excluding hydrogens is 1800 g/mol. The van der Waals surface area contributed by atoms with Crippen LogP contribution in [0.5, 0.6) is 40.2 Å². The lowest BCUT2D eigenvalue weighted by Crippen LogP contribution is -2.28. The zero-order chi connectivity index (χ0) is 49.2. The van der Waals surface area contributed by atoms with Crippen molar-refractivity contribution in [1.29, 1.82) is 0 Å². The molecule has 0 spiro atoms. The number of aryl methyl sites for hydroxylation is 1. The van der Waals surface area contributed by atoms with E-state index in [-0.39, 0.29) is 16.9 Å². The van der Waals surface area contributed by atoms with Crippen LogP contribution < -0.4 is 23.1 Å². The van der Waals surface area contributed by atoms with Gasteiger partial charge in [0.05, 0.1) is 28.4 Å². The predicted octanol–water partition coefficient (Wildman–Crippen LogP) is 16.1. The minimum Gasteiger partial charge on any atom is -0.507 e. The van der Waals surface area contributed by atoms with Crippen molar-refractivity contribution >= 4 is 234 Å². The van der Waals surface area contributed by atoms with E-state index in [0.717, 1.165) is 48.5 Å². The smallest absolute Gasteiger partial charge is 0.507 e. The monoisotopic (exact) mass is 1830 g/mol. The molecule has 0 atom stereocenters. The molecule has 9 nitrogen and oxygen atoms in total. The second kappa shape index (κ2) is 21.2. The number of phenolic OH excluding ortho intramolecular Hbond substituents is 2. The van der Waals surface area contributed by atoms with Gasteiger partial charge in [-0.15, -0.1) is 0 Å². The van der Waals surface area contributed by atoms with E-state index in [0.29, 0.717) is 68.6 Å². The average Bonchev–Trinajstić information content (AvgIpc) is 3.24. The minimum absolute atomic E-state index is 0.155. The second-order valence-electron chi connectivity index (χ2n) is 14.4. The quantitative estimate of drug-likeness (QED) is 0.0870. The summed E-state index contributed by atoms with van der Waals surface area (Å²) >= 11 is 17.3. The molecule has 0 radical (unpaired) electrons. The van der Waals surface area contributed by atoms with Gasteiger partial charge in [-0.05, 0) is 277 Å². The fourth-order valence-electron chi connectivity index (χ4n) is 7.80. The van der Waals surface area contributed by atoms with E-state index in [9.17, 15) is 31.8 Å². The predicted molar refractivity (Wildman–Crippen MR) is 325 cm³/mol. The standard InChI is InChI=1S/C24H15F3I4O5S.C22H14I4O4/c1-10-4-11(28)5-13-15(30)8-17(34-2)22(20(10)13)23-18(35-3)9-16(31)14-6-12(29)7-19(21(14)23)36-37(32,33)24(25,26)27;1-29-17-7-13(25)11-3-9(23)5-15(27)19(11)21(17)22-18(30-2)8-14(26)12-4-10(24)6-16(28)20(12)22/h4-9H,1-3H3;3-8,27-28H,1-2H3. The third-order valence-electron chi connectivity index (χ3n) is 10.4. The van der Waals surface area contributed by atoms with Gasteiger partial charge in [0.15, 0.2) is 5.75 Å². The van der Waals surface area contributed by atoms with E-state index >= 15 is 0 Å². The van der Waals surface area contributed by atoms with Gasteiger partial charge in [0.2, 0.25) is 0 Å². The summed E-state index contributed by atoms with van der Waals surface area (Å²) in [5.74, 6) is 1.83. The van der Waals surface area contributed by atoms with Crippen LogP contribution in [0, 0.1) is 35.5 Å². The van der Waals surface area contributed by atoms with Crippen LogP contribution in [0.25, 0.3) is 65.3 Å². The van der Waals surface area contributed by atoms with Crippen molar-refractivity contribution in [2.24, 2.45) is 0 Å². The number of rotatable bonds is 8. The van der Waals surface area contributed by atoms with Crippen LogP contribution in [-0.2, 0) is 10.1 Å². The zero-order valence-corrected chi connectivity index (χ0v) is 52.8. The van der Waals surface area contributed by atoms with Crippen molar-refractivity contribution in [2.45, 2.75) is 12.4 Å². The van der Waals surface area contributed by atoms with Gasteiger partial charge >= 0.3 is 15.6 Å². The van der Waals surface area contributed by atoms with E-state index in [2.05, 4.69) is 136 Å². The maximum Gasteiger partial charge on any atom is 0.534 e. The molecule has 0 aliphatic carbocycles. The first-order valence-electron chi connectivity index (χ1n) is 18.8. The van der Waals surface area contributed by atoms with Gasteiger partial charge in [-0.3, -0.25) is 0 Å². The summed E-state index contributed by atoms with van der Waals surface area (Å²) in [5.41, 5.74) is -2.40. The number of aromatic hydroxyl groups is 2. The van der Waals surface area contributed by atoms with Gasteiger partial charge in [-0.1, -0.05) is 0 Å². The molecule has 8 aromatic carbocycles. The summed E-state index contributed by atoms with van der Waals surface area (Å²) in [6.07, 6.45) is 0. The molecule has 0 aliphatic rings. The lowest BCUT2D eigenvalue weighted by Gasteiger charge is -2.22. The van der Waals surface area contributed by atoms with Gasteiger partial charge in [-0.25, -0.2) is 0 Å². The number of methoxy groups -OCH3 is 4. The molecule has 21 heteroatoms. The van der Waals surface area contributed by atoms with Crippen LogP contribution in [0.1, 0.15) is 5.56 Å². The molecule has 0 saturated heterocycles. The normalized spacial score (nSPS) is 11.8. The maximum atomic E-state index is 13.4. The van der Waals surface area contributed by atoms with E-state index < -0.39 is 21.4 Å². The van der Waals surface area contributed by atoms with Gasteiger partial charge in [-0.2, -0.15) is 21.6 Å². The Morgan fingerprint density at radius 1 is 0.433 bits per heavy atom. The maximum absolute atomic E-state index is 13.4. The van der Waals surface area contributed by atoms with Crippen molar-refractivity contribution < 1.29 is 54.9 Å². The number of halogens is 11. The number of hydrogen-bond acceptors (Lipinski definition) is 9. The highest BCUT2D eigenvalue weighted by molar-refractivity contribution is 14.1. The number of phenols is 2. The Morgan fingerprint density at radius 3 is 1.09 bits per heavy atom. The van der Waals surface area contributed by atoms with E-state index in [1.54, 1.807) is 38.5 Å². The SMILES string of the molecule is COc1cc(I)c2cc(I)cc(C)c2c1-c1c(OC)cc(I)c2cc(I)cc(OS(=O)(=O)C(F)(F)F)c12.COc1cc(I)c2cc(I)cc(O)c2c1-c1c(OC)cc(I)c2cc(I)cc(O)c12. The second-order valence-corrected chi connectivity index (χ2v) is 25.6. The summed E-state index contributed by atoms with van der Waals surface area (Å²) in [6.45, 7) is 1.93. The molecule has 0 aliphatic heterocycles. The Morgan fingerprint density at radius 2 is 0.731 bits per heavy atom. The fourth-order valence-corrected chi connectivity index (χ4v) is 13.7. The van der Waals surface area contributed by atoms with Crippen LogP contribution in [0.4, 0.5) is 13.2 Å². The molecule has 350 valence electrons. The van der Waals surface area contributed by atoms with E-state index in [1.807, 2.05) is 94.6 Å². The molecule has 0 fully saturated rings. The Kier molecular flexibility index (Phi) is 17.0. The minimum atomic E-state index is -5.95. The van der Waals surface area contributed by atoms with Crippen molar-refractivity contribution in [3.63, 3.8) is 0 Å². The first-order chi connectivity index (χ1) is 31.5. The third kappa shape index (κ3) is 10.5. The summed E-state index contributed by atoms with van der Waals surface area (Å²) in [7, 11) is 0.203. The lowest BCUT2D eigenvalue weighted by molar-refractivity contribution is -0.0499. The number of hydrogen-bond donors (Lipinski definition) is 2. The van der Waals surface area contributed by atoms with E-state index in [1.165, 1.54) is 20.3 Å². The number of fused-ring (bicyclic) bond motifs is 4. The Labute approximate surface area is 491 Å². The first kappa shape index (κ1) is 53.8. The highest BCUT2D eigenvalue weighted by Crippen LogP contribution is 2.54. The van der Waals surface area contributed by atoms with Crippen molar-refractivity contribution in [3.05, 3.63) is 107 Å². The fraction of sp³-hybridized carbons (Fsp3) is 0.130. The molecule has 2 N–H and O–H groups in total. The van der Waals surface area contributed by atoms with Gasteiger partial charge < -0.3 is 33.3 Å². The van der Waals surface area contributed by atoms with Gasteiger partial charge in [0.25, 0.3) is 0 Å². The van der Waals surface area contributed by atoms with Crippen LogP contribution in [0.2, 0.25) is 0 Å². The summed E-state index contributed by atoms with van der Waals surface area (Å²) in [5, 5.41) is 27.5. The molecule has 8 aromatic rings. The van der Waals surface area contributed by atoms with Gasteiger partial charge in [0, 0.05) is 83.1 Å². The van der Waals surface area contributed by atoms with Crippen LogP contribution in [-0.4, -0.2) is 52.6 Å². The van der Waals surface area contributed by atoms with Crippen molar-refractivity contribution in [3.8, 4) is 62.5 Å². The van der Waals surface area contributed by atoms with Crippen molar-refractivity contribution in [2.75, 3.05) is 28.4 Å². The van der Waals surface area contributed by atoms with Crippen LogP contribution in [0.3, 0.4) is 0 Å². The largest absolute Gasteiger partial charge is 0.534 e. The molecule has 0 amide bonds. The first-order valence-corrected chi connectivity index (χ1v) is 28.9. The van der Waals surface area contributed by atoms with Crippen LogP contribution in [0.15, 0.2) is 72.8 Å². The Bertz CT molecular complexity index is 3380. The molecule has 0 aromatic heterocycles. The molecular formula is C46H29F3I8O9S.